The van der Waals surface area contributed by atoms with Crippen LogP contribution in [-0.4, -0.2) is 41.7 Å². The maximum absolute atomic E-state index is 11.9. The van der Waals surface area contributed by atoms with Gasteiger partial charge in [0.2, 0.25) is 0 Å². The Morgan fingerprint density at radius 2 is 1.79 bits per heavy atom. The number of nitrogens with one attached hydrogen (secondary N) is 3. The zero-order chi connectivity index (χ0) is 20.7. The number of hydrogen-bond donors (Lipinski definition) is 3. The van der Waals surface area contributed by atoms with E-state index < -0.39 is 22.2 Å². The Morgan fingerprint density at radius 1 is 1.18 bits per heavy atom. The number of rotatable bonds is 6. The van der Waals surface area contributed by atoms with Gasteiger partial charge in [-0.15, -0.1) is 24.0 Å². The van der Waals surface area contributed by atoms with Crippen LogP contribution in [0.5, 0.6) is 0 Å². The topological polar surface area (TPSA) is 118 Å². The van der Waals surface area contributed by atoms with Crippen molar-refractivity contribution in [1.82, 2.24) is 16.0 Å². The molecular formula is C18H30IN5O4. The molecule has 0 unspecified atom stereocenters. The first-order valence-electron chi connectivity index (χ1n) is 8.61. The van der Waals surface area contributed by atoms with Gasteiger partial charge in [-0.05, 0) is 34.6 Å². The lowest BCUT2D eigenvalue weighted by Crippen LogP contribution is -2.54. The Bertz CT molecular complexity index is 701. The van der Waals surface area contributed by atoms with Crippen LogP contribution in [0.15, 0.2) is 29.3 Å². The number of nitro benzene ring substituents is 1. The van der Waals surface area contributed by atoms with Crippen LogP contribution in [0.1, 0.15) is 40.2 Å². The van der Waals surface area contributed by atoms with Crippen LogP contribution in [-0.2, 0) is 11.3 Å². The minimum Gasteiger partial charge on any atom is -0.444 e. The van der Waals surface area contributed by atoms with Crippen molar-refractivity contribution in [2.24, 2.45) is 4.99 Å². The van der Waals surface area contributed by atoms with E-state index >= 15 is 0 Å². The molecule has 0 aliphatic rings. The zero-order valence-corrected chi connectivity index (χ0v) is 19.5. The van der Waals surface area contributed by atoms with Gasteiger partial charge in [0.15, 0.2) is 5.96 Å². The number of guanidine groups is 1. The van der Waals surface area contributed by atoms with Gasteiger partial charge in [-0.25, -0.2) is 4.79 Å². The molecule has 0 saturated carbocycles. The molecule has 1 rings (SSSR count). The van der Waals surface area contributed by atoms with E-state index in [1.54, 1.807) is 46.0 Å². The summed E-state index contributed by atoms with van der Waals surface area (Å²) in [7, 11) is 1.60. The molecule has 0 radical (unpaired) electrons. The van der Waals surface area contributed by atoms with Crippen molar-refractivity contribution in [2.45, 2.75) is 52.3 Å². The van der Waals surface area contributed by atoms with Gasteiger partial charge in [0, 0.05) is 31.8 Å². The average molecular weight is 507 g/mol. The SMILES string of the molecule is CN=C(NCc1ccccc1[N+](=O)[O-])NCC(C)(C)NC(=O)OC(C)(C)C.I. The molecule has 0 atom stereocenters. The maximum atomic E-state index is 11.9. The molecule has 0 aromatic heterocycles. The number of benzene rings is 1. The summed E-state index contributed by atoms with van der Waals surface area (Å²) < 4.78 is 5.26. The molecule has 1 aromatic rings. The van der Waals surface area contributed by atoms with Crippen molar-refractivity contribution in [3.8, 4) is 0 Å². The lowest BCUT2D eigenvalue weighted by Gasteiger charge is -2.29. The Kier molecular flexibility index (Phi) is 10.2. The summed E-state index contributed by atoms with van der Waals surface area (Å²) in [6, 6.07) is 6.51. The number of nitro groups is 1. The molecular weight excluding hydrogens is 477 g/mol. The van der Waals surface area contributed by atoms with Gasteiger partial charge in [0.25, 0.3) is 5.69 Å². The number of halogens is 1. The van der Waals surface area contributed by atoms with Crippen LogP contribution < -0.4 is 16.0 Å². The number of amides is 1. The van der Waals surface area contributed by atoms with Gasteiger partial charge in [-0.1, -0.05) is 18.2 Å². The number of carbonyl (C=O) groups excluding carboxylic acids is 1. The molecule has 3 N–H and O–H groups in total. The second kappa shape index (κ2) is 11.0. The molecule has 28 heavy (non-hydrogen) atoms. The van der Waals surface area contributed by atoms with Gasteiger partial charge in [-0.2, -0.15) is 0 Å². The number of ether oxygens (including phenoxy) is 1. The van der Waals surface area contributed by atoms with Crippen molar-refractivity contribution in [2.75, 3.05) is 13.6 Å². The molecule has 1 amide bonds. The van der Waals surface area contributed by atoms with Crippen LogP contribution >= 0.6 is 24.0 Å². The first-order valence-corrected chi connectivity index (χ1v) is 8.61. The van der Waals surface area contributed by atoms with Crippen LogP contribution in [0.3, 0.4) is 0 Å². The third kappa shape index (κ3) is 9.72. The van der Waals surface area contributed by atoms with E-state index in [1.165, 1.54) is 6.07 Å². The Morgan fingerprint density at radius 3 is 2.32 bits per heavy atom. The van der Waals surface area contributed by atoms with E-state index in [0.717, 1.165) is 0 Å². The molecule has 0 aliphatic heterocycles. The van der Waals surface area contributed by atoms with Crippen LogP contribution in [0, 0.1) is 10.1 Å². The third-order valence-electron chi connectivity index (χ3n) is 3.40. The monoisotopic (exact) mass is 507 g/mol. The zero-order valence-electron chi connectivity index (χ0n) is 17.2. The predicted octanol–water partition coefficient (Wildman–Crippen LogP) is 3.18. The molecule has 1 aromatic carbocycles. The van der Waals surface area contributed by atoms with Crippen molar-refractivity contribution in [1.29, 1.82) is 0 Å². The average Bonchev–Trinajstić information content (AvgIpc) is 2.52. The van der Waals surface area contributed by atoms with Crippen molar-refractivity contribution >= 4 is 41.7 Å². The summed E-state index contributed by atoms with van der Waals surface area (Å²) in [5.41, 5.74) is -0.571. The molecule has 0 saturated heterocycles. The van der Waals surface area contributed by atoms with Gasteiger partial charge >= 0.3 is 6.09 Å². The summed E-state index contributed by atoms with van der Waals surface area (Å²) in [4.78, 5) is 26.7. The second-order valence-corrected chi connectivity index (χ2v) is 7.68. The number of nitrogens with zero attached hydrogens (tertiary/aromatic N) is 2. The summed E-state index contributed by atoms with van der Waals surface area (Å²) >= 11 is 0. The lowest BCUT2D eigenvalue weighted by molar-refractivity contribution is -0.385. The normalized spacial score (nSPS) is 11.9. The molecule has 0 fully saturated rings. The number of hydrogen-bond acceptors (Lipinski definition) is 5. The molecule has 158 valence electrons. The van der Waals surface area contributed by atoms with Crippen molar-refractivity contribution < 1.29 is 14.5 Å². The predicted molar refractivity (Wildman–Crippen MR) is 120 cm³/mol. The number of carbonyl (C=O) groups is 1. The molecule has 0 bridgehead atoms. The van der Waals surface area contributed by atoms with Crippen LogP contribution in [0.4, 0.5) is 10.5 Å². The van der Waals surface area contributed by atoms with Gasteiger partial charge < -0.3 is 20.7 Å². The molecule has 0 aliphatic carbocycles. The Balaban J connectivity index is 0.00000729. The first-order chi connectivity index (χ1) is 12.4. The quantitative estimate of drug-likeness (QED) is 0.179. The minimum absolute atomic E-state index is 0. The van der Waals surface area contributed by atoms with Crippen molar-refractivity contribution in [3.05, 3.63) is 39.9 Å². The van der Waals surface area contributed by atoms with E-state index in [9.17, 15) is 14.9 Å². The molecule has 9 nitrogen and oxygen atoms in total. The number of para-hydroxylation sites is 1. The summed E-state index contributed by atoms with van der Waals surface area (Å²) in [6.45, 7) is 9.71. The highest BCUT2D eigenvalue weighted by molar-refractivity contribution is 14.0. The van der Waals surface area contributed by atoms with E-state index in [4.69, 9.17) is 4.74 Å². The Hall–Kier alpha value is -2.11. The minimum atomic E-state index is -0.599. The fourth-order valence-electron chi connectivity index (χ4n) is 2.17. The van der Waals surface area contributed by atoms with E-state index in [1.807, 2.05) is 13.8 Å². The standard InChI is InChI=1S/C18H29N5O4.HI/c1-17(2,3)27-16(24)22-18(4,5)12-21-15(19-6)20-11-13-9-7-8-10-14(13)23(25)26;/h7-10H,11-12H2,1-6H3,(H,22,24)(H2,19,20,21);1H. The van der Waals surface area contributed by atoms with Gasteiger partial charge in [-0.3, -0.25) is 15.1 Å². The Labute approximate surface area is 182 Å². The second-order valence-electron chi connectivity index (χ2n) is 7.68. The summed E-state index contributed by atoms with van der Waals surface area (Å²) in [5.74, 6) is 0.465. The fourth-order valence-corrected chi connectivity index (χ4v) is 2.17. The van der Waals surface area contributed by atoms with Crippen molar-refractivity contribution in [3.63, 3.8) is 0 Å². The molecule has 0 heterocycles. The maximum Gasteiger partial charge on any atom is 0.408 e. The summed E-state index contributed by atoms with van der Waals surface area (Å²) in [6.07, 6.45) is -0.503. The number of aliphatic imine (C=N–C) groups is 1. The first kappa shape index (κ1) is 25.9. The highest BCUT2D eigenvalue weighted by atomic mass is 127. The van der Waals surface area contributed by atoms with Crippen LogP contribution in [0.2, 0.25) is 0 Å². The van der Waals surface area contributed by atoms with Crippen LogP contribution in [0.25, 0.3) is 0 Å². The smallest absolute Gasteiger partial charge is 0.408 e. The number of alkyl carbamates (subject to hydrolysis) is 1. The van der Waals surface area contributed by atoms with Gasteiger partial charge in [0.05, 0.1) is 10.5 Å². The lowest BCUT2D eigenvalue weighted by atomic mass is 10.1. The van der Waals surface area contributed by atoms with E-state index in [-0.39, 0.29) is 36.2 Å². The van der Waals surface area contributed by atoms with E-state index in [2.05, 4.69) is 20.9 Å². The largest absolute Gasteiger partial charge is 0.444 e. The summed E-state index contributed by atoms with van der Waals surface area (Å²) in [5, 5.41) is 20.0. The third-order valence-corrected chi connectivity index (χ3v) is 3.40. The highest BCUT2D eigenvalue weighted by Gasteiger charge is 2.24. The van der Waals surface area contributed by atoms with Gasteiger partial charge in [0.1, 0.15) is 5.60 Å². The molecule has 10 heteroatoms. The molecule has 0 spiro atoms. The fraction of sp³-hybridized carbons (Fsp3) is 0.556. The van der Waals surface area contributed by atoms with E-state index in [0.29, 0.717) is 18.1 Å². The highest BCUT2D eigenvalue weighted by Crippen LogP contribution is 2.17.